The van der Waals surface area contributed by atoms with E-state index in [1.54, 1.807) is 0 Å². The molecule has 1 aliphatic carbocycles. The average molecular weight is 401 g/mol. The molecular formula is C20H23N3O6. The Morgan fingerprint density at radius 2 is 1.62 bits per heavy atom. The summed E-state index contributed by atoms with van der Waals surface area (Å²) in [6.07, 6.45) is 3.10. The summed E-state index contributed by atoms with van der Waals surface area (Å²) in [4.78, 5) is 61.0. The summed E-state index contributed by atoms with van der Waals surface area (Å²) in [7, 11) is 0. The fourth-order valence-electron chi connectivity index (χ4n) is 3.69. The molecule has 1 aromatic carbocycles. The zero-order valence-electron chi connectivity index (χ0n) is 15.9. The number of urea groups is 1. The van der Waals surface area contributed by atoms with Crippen molar-refractivity contribution in [3.05, 3.63) is 35.9 Å². The van der Waals surface area contributed by atoms with E-state index in [0.717, 1.165) is 23.3 Å². The lowest BCUT2D eigenvalue weighted by molar-refractivity contribution is -0.154. The first-order valence-corrected chi connectivity index (χ1v) is 9.58. The second-order valence-corrected chi connectivity index (χ2v) is 7.14. The van der Waals surface area contributed by atoms with Gasteiger partial charge in [-0.1, -0.05) is 43.2 Å². The molecule has 1 saturated carbocycles. The van der Waals surface area contributed by atoms with Gasteiger partial charge in [0.25, 0.3) is 5.91 Å². The number of amides is 5. The number of ether oxygens (including phenoxy) is 1. The molecule has 0 spiro atoms. The third kappa shape index (κ3) is 5.18. The lowest BCUT2D eigenvalue weighted by Crippen LogP contribution is -2.42. The van der Waals surface area contributed by atoms with Crippen LogP contribution in [0.25, 0.3) is 0 Å². The molecule has 1 heterocycles. The van der Waals surface area contributed by atoms with E-state index < -0.39 is 31.1 Å². The van der Waals surface area contributed by atoms with E-state index in [1.165, 1.54) is 0 Å². The summed E-state index contributed by atoms with van der Waals surface area (Å²) in [5, 5.41) is 4.55. The number of hydrogen-bond acceptors (Lipinski definition) is 6. The predicted molar refractivity (Wildman–Crippen MR) is 99.9 cm³/mol. The predicted octanol–water partition coefficient (Wildman–Crippen LogP) is 0.731. The molecule has 9 nitrogen and oxygen atoms in total. The fraction of sp³-hybridized carbons (Fsp3) is 0.450. The molecule has 2 aliphatic rings. The Morgan fingerprint density at radius 3 is 2.24 bits per heavy atom. The topological polar surface area (TPSA) is 122 Å². The van der Waals surface area contributed by atoms with Gasteiger partial charge in [0.2, 0.25) is 11.8 Å². The molecule has 0 bridgehead atoms. The molecule has 5 amide bonds. The third-order valence-corrected chi connectivity index (χ3v) is 5.13. The SMILES string of the molecule is O=C(COC(=O)CN1C(=O)[C@H]2CCCC[C@H]2C1=O)NC(=O)NCc1ccccc1. The summed E-state index contributed by atoms with van der Waals surface area (Å²) >= 11 is 0. The van der Waals surface area contributed by atoms with Gasteiger partial charge < -0.3 is 10.1 Å². The van der Waals surface area contributed by atoms with Crippen molar-refractivity contribution >= 4 is 29.7 Å². The van der Waals surface area contributed by atoms with E-state index in [0.29, 0.717) is 12.8 Å². The van der Waals surface area contributed by atoms with E-state index in [9.17, 15) is 24.0 Å². The van der Waals surface area contributed by atoms with Crippen LogP contribution in [0.3, 0.4) is 0 Å². The van der Waals surface area contributed by atoms with Crippen LogP contribution in [0.1, 0.15) is 31.2 Å². The number of likely N-dealkylation sites (tertiary alicyclic amines) is 1. The number of carbonyl (C=O) groups is 5. The number of hydrogen-bond donors (Lipinski definition) is 2. The van der Waals surface area contributed by atoms with Crippen LogP contribution in [0, 0.1) is 11.8 Å². The first-order chi connectivity index (χ1) is 14.0. The molecule has 0 aromatic heterocycles. The summed E-state index contributed by atoms with van der Waals surface area (Å²) in [6.45, 7) is -0.958. The number of nitrogens with zero attached hydrogens (tertiary/aromatic N) is 1. The maximum atomic E-state index is 12.3. The number of imide groups is 2. The van der Waals surface area contributed by atoms with Crippen molar-refractivity contribution in [3.63, 3.8) is 0 Å². The average Bonchev–Trinajstić information content (AvgIpc) is 2.97. The Kier molecular flexibility index (Phi) is 6.58. The van der Waals surface area contributed by atoms with E-state index >= 15 is 0 Å². The van der Waals surface area contributed by atoms with E-state index in [4.69, 9.17) is 4.74 Å². The maximum Gasteiger partial charge on any atom is 0.326 e. The molecule has 2 fully saturated rings. The van der Waals surface area contributed by atoms with Gasteiger partial charge in [0.1, 0.15) is 6.54 Å². The standard InChI is InChI=1S/C20H23N3O6/c24-16(22-20(28)21-10-13-6-2-1-3-7-13)12-29-17(25)11-23-18(26)14-8-4-5-9-15(14)19(23)27/h1-3,6-7,14-15H,4-5,8-12H2,(H2,21,22,24,28)/t14-,15+. The highest BCUT2D eigenvalue weighted by Crippen LogP contribution is 2.37. The number of benzene rings is 1. The van der Waals surface area contributed by atoms with Crippen LogP contribution in [-0.2, 0) is 30.5 Å². The number of esters is 1. The highest BCUT2D eigenvalue weighted by atomic mass is 16.5. The Hall–Kier alpha value is -3.23. The van der Waals surface area contributed by atoms with E-state index in [-0.39, 0.29) is 30.2 Å². The molecule has 1 aromatic rings. The van der Waals surface area contributed by atoms with Crippen LogP contribution in [0.5, 0.6) is 0 Å². The molecule has 9 heteroatoms. The molecule has 2 N–H and O–H groups in total. The van der Waals surface area contributed by atoms with Crippen LogP contribution in [0.4, 0.5) is 4.79 Å². The lowest BCUT2D eigenvalue weighted by Gasteiger charge is -2.19. The zero-order valence-corrected chi connectivity index (χ0v) is 15.9. The highest BCUT2D eigenvalue weighted by molar-refractivity contribution is 6.07. The number of rotatable bonds is 6. The van der Waals surface area contributed by atoms with Gasteiger partial charge in [0, 0.05) is 6.54 Å². The monoisotopic (exact) mass is 401 g/mol. The number of nitrogens with one attached hydrogen (secondary N) is 2. The van der Waals surface area contributed by atoms with Gasteiger partial charge in [0.05, 0.1) is 11.8 Å². The minimum absolute atomic E-state index is 0.237. The molecule has 3 rings (SSSR count). The Bertz CT molecular complexity index is 786. The summed E-state index contributed by atoms with van der Waals surface area (Å²) < 4.78 is 4.80. The Balaban J connectivity index is 1.38. The molecule has 1 aliphatic heterocycles. The molecule has 29 heavy (non-hydrogen) atoms. The Labute approximate surface area is 167 Å². The second kappa shape index (κ2) is 9.31. The molecule has 154 valence electrons. The van der Waals surface area contributed by atoms with Crippen molar-refractivity contribution < 1.29 is 28.7 Å². The quantitative estimate of drug-likeness (QED) is 0.535. The van der Waals surface area contributed by atoms with E-state index in [2.05, 4.69) is 5.32 Å². The largest absolute Gasteiger partial charge is 0.454 e. The van der Waals surface area contributed by atoms with Gasteiger partial charge >= 0.3 is 12.0 Å². The van der Waals surface area contributed by atoms with E-state index in [1.807, 2.05) is 35.6 Å². The second-order valence-electron chi connectivity index (χ2n) is 7.14. The zero-order chi connectivity index (χ0) is 20.8. The Morgan fingerprint density at radius 1 is 1.00 bits per heavy atom. The van der Waals surface area contributed by atoms with Crippen molar-refractivity contribution in [2.24, 2.45) is 11.8 Å². The minimum atomic E-state index is -0.870. The highest BCUT2D eigenvalue weighted by Gasteiger charge is 2.48. The molecular weight excluding hydrogens is 378 g/mol. The summed E-state index contributed by atoms with van der Waals surface area (Å²) in [6, 6.07) is 8.42. The third-order valence-electron chi connectivity index (χ3n) is 5.13. The summed E-state index contributed by atoms with van der Waals surface area (Å²) in [5.74, 6) is -3.06. The van der Waals surface area contributed by atoms with Crippen LogP contribution < -0.4 is 10.6 Å². The van der Waals surface area contributed by atoms with Crippen molar-refractivity contribution in [1.82, 2.24) is 15.5 Å². The van der Waals surface area contributed by atoms with Gasteiger partial charge in [0.15, 0.2) is 6.61 Å². The molecule has 0 radical (unpaired) electrons. The van der Waals surface area contributed by atoms with Crippen molar-refractivity contribution in [2.45, 2.75) is 32.2 Å². The van der Waals surface area contributed by atoms with Crippen molar-refractivity contribution in [2.75, 3.05) is 13.2 Å². The number of fused-ring (bicyclic) bond motifs is 1. The van der Waals surface area contributed by atoms with Gasteiger partial charge in [-0.15, -0.1) is 0 Å². The lowest BCUT2D eigenvalue weighted by atomic mass is 9.81. The smallest absolute Gasteiger partial charge is 0.326 e. The van der Waals surface area contributed by atoms with Gasteiger partial charge in [-0.25, -0.2) is 4.79 Å². The van der Waals surface area contributed by atoms with Gasteiger partial charge in [-0.2, -0.15) is 0 Å². The van der Waals surface area contributed by atoms with Gasteiger partial charge in [-0.3, -0.25) is 29.4 Å². The first kappa shape index (κ1) is 20.5. The first-order valence-electron chi connectivity index (χ1n) is 9.58. The molecule has 1 saturated heterocycles. The van der Waals surface area contributed by atoms with Crippen LogP contribution in [-0.4, -0.2) is 47.8 Å². The maximum absolute atomic E-state index is 12.3. The number of carbonyl (C=O) groups excluding carboxylic acids is 5. The van der Waals surface area contributed by atoms with Crippen LogP contribution >= 0.6 is 0 Å². The van der Waals surface area contributed by atoms with Crippen molar-refractivity contribution in [1.29, 1.82) is 0 Å². The molecule has 0 unspecified atom stereocenters. The normalized spacial score (nSPS) is 20.8. The van der Waals surface area contributed by atoms with Crippen LogP contribution in [0.15, 0.2) is 30.3 Å². The van der Waals surface area contributed by atoms with Crippen molar-refractivity contribution in [3.8, 4) is 0 Å². The van der Waals surface area contributed by atoms with Crippen LogP contribution in [0.2, 0.25) is 0 Å². The summed E-state index contributed by atoms with van der Waals surface area (Å²) in [5.41, 5.74) is 0.863. The minimum Gasteiger partial charge on any atom is -0.454 e. The van der Waals surface area contributed by atoms with Gasteiger partial charge in [-0.05, 0) is 18.4 Å². The fourth-order valence-corrected chi connectivity index (χ4v) is 3.69. The molecule has 2 atom stereocenters.